The molecule has 14 heteroatoms. The Morgan fingerprint density at radius 2 is 1.74 bits per heavy atom. The summed E-state index contributed by atoms with van der Waals surface area (Å²) in [6.45, 7) is 2.45. The van der Waals surface area contributed by atoms with Crippen LogP contribution in [0.4, 0.5) is 38.1 Å². The second kappa shape index (κ2) is 13.3. The third-order valence-electron chi connectivity index (χ3n) is 6.04. The van der Waals surface area contributed by atoms with E-state index in [4.69, 9.17) is 11.6 Å². The molecular formula is C25H29ClF5N5O3. The Kier molecular flexibility index (Phi) is 10.3. The topological polar surface area (TPSA) is 96.9 Å². The fraction of sp³-hybridized carbons (Fsp3) is 0.440. The fourth-order valence-corrected chi connectivity index (χ4v) is 4.11. The number of carbonyl (C=O) groups is 2. The van der Waals surface area contributed by atoms with E-state index in [1.807, 2.05) is 4.90 Å². The van der Waals surface area contributed by atoms with Crippen LogP contribution in [0.3, 0.4) is 0 Å². The maximum Gasteiger partial charge on any atom is 0.390 e. The van der Waals surface area contributed by atoms with Gasteiger partial charge < -0.3 is 26.0 Å². The van der Waals surface area contributed by atoms with Crippen molar-refractivity contribution in [2.75, 3.05) is 49.5 Å². The average Bonchev–Trinajstić information content (AvgIpc) is 2.88. The number of halogens is 6. The van der Waals surface area contributed by atoms with Gasteiger partial charge >= 0.3 is 12.2 Å². The summed E-state index contributed by atoms with van der Waals surface area (Å²) in [5, 5.41) is 16.8. The monoisotopic (exact) mass is 577 g/mol. The Morgan fingerprint density at radius 3 is 2.38 bits per heavy atom. The van der Waals surface area contributed by atoms with E-state index >= 15 is 0 Å². The summed E-state index contributed by atoms with van der Waals surface area (Å²) >= 11 is 6.14. The summed E-state index contributed by atoms with van der Waals surface area (Å²) in [5.74, 6) is -3.62. The molecule has 0 radical (unpaired) electrons. The fourth-order valence-electron chi connectivity index (χ4n) is 3.94. The normalized spacial score (nSPS) is 15.1. The lowest BCUT2D eigenvalue weighted by Gasteiger charge is -2.37. The molecule has 2 aromatic rings. The standard InChI is InChI=1S/C25H29ClF5N5O3/c1-15(37)13-32-24(39)33-14-16-2-4-18(22(28)21(16)27)23(38)34-19-5-3-17(26)12-20(19)36-10-8-35(9-11-36)7-6-25(29,30)31/h2-5,12,15,37H,6-11,13-14H2,1H3,(H,34,38)(H2,32,33,39)/t15-/m0/s1. The molecule has 1 heterocycles. The number of amides is 3. The third kappa shape index (κ3) is 8.94. The van der Waals surface area contributed by atoms with Crippen LogP contribution in [0, 0.1) is 11.6 Å². The van der Waals surface area contributed by atoms with Gasteiger partial charge in [0, 0.05) is 56.4 Å². The number of aliphatic hydroxyl groups excluding tert-OH is 1. The van der Waals surface area contributed by atoms with Gasteiger partial charge in [-0.25, -0.2) is 13.6 Å². The van der Waals surface area contributed by atoms with E-state index in [0.717, 1.165) is 6.07 Å². The van der Waals surface area contributed by atoms with Crippen molar-refractivity contribution in [3.63, 3.8) is 0 Å². The molecule has 0 bridgehead atoms. The molecule has 1 saturated heterocycles. The molecule has 0 unspecified atom stereocenters. The number of piperazine rings is 1. The molecule has 2 aromatic carbocycles. The number of aliphatic hydroxyl groups is 1. The minimum atomic E-state index is -4.24. The molecule has 1 atom stereocenters. The lowest BCUT2D eigenvalue weighted by atomic mass is 10.1. The van der Waals surface area contributed by atoms with E-state index in [1.165, 1.54) is 25.1 Å². The number of carbonyl (C=O) groups excluding carboxylic acids is 2. The first-order valence-electron chi connectivity index (χ1n) is 12.2. The van der Waals surface area contributed by atoms with Crippen LogP contribution in [0.25, 0.3) is 0 Å². The summed E-state index contributed by atoms with van der Waals surface area (Å²) in [6.07, 6.45) is -5.92. The molecular weight excluding hydrogens is 549 g/mol. The summed E-state index contributed by atoms with van der Waals surface area (Å²) in [6, 6.07) is 6.17. The van der Waals surface area contributed by atoms with E-state index in [-0.39, 0.29) is 30.9 Å². The quantitative estimate of drug-likeness (QED) is 0.336. The van der Waals surface area contributed by atoms with Crippen molar-refractivity contribution in [2.45, 2.75) is 32.2 Å². The van der Waals surface area contributed by atoms with E-state index in [0.29, 0.717) is 36.9 Å². The van der Waals surface area contributed by atoms with Crippen molar-refractivity contribution in [3.8, 4) is 0 Å². The Balaban J connectivity index is 1.67. The summed E-state index contributed by atoms with van der Waals surface area (Å²) in [4.78, 5) is 28.1. The first kappa shape index (κ1) is 30.4. The number of benzene rings is 2. The van der Waals surface area contributed by atoms with Gasteiger partial charge in [-0.05, 0) is 31.2 Å². The summed E-state index contributed by atoms with van der Waals surface area (Å²) in [7, 11) is 0. The van der Waals surface area contributed by atoms with Gasteiger partial charge in [-0.2, -0.15) is 13.2 Å². The number of anilines is 2. The molecule has 1 aliphatic rings. The van der Waals surface area contributed by atoms with Gasteiger partial charge in [-0.1, -0.05) is 17.7 Å². The van der Waals surface area contributed by atoms with Gasteiger partial charge in [0.25, 0.3) is 5.91 Å². The predicted molar refractivity (Wildman–Crippen MR) is 137 cm³/mol. The van der Waals surface area contributed by atoms with E-state index in [2.05, 4.69) is 16.0 Å². The average molecular weight is 578 g/mol. The van der Waals surface area contributed by atoms with Crippen LogP contribution < -0.4 is 20.9 Å². The van der Waals surface area contributed by atoms with Crippen LogP contribution in [0.1, 0.15) is 29.3 Å². The van der Waals surface area contributed by atoms with Crippen molar-refractivity contribution in [2.24, 2.45) is 0 Å². The van der Waals surface area contributed by atoms with Crippen LogP contribution in [0.2, 0.25) is 5.02 Å². The highest BCUT2D eigenvalue weighted by atomic mass is 35.5. The number of hydrogen-bond donors (Lipinski definition) is 4. The van der Waals surface area contributed by atoms with Crippen LogP contribution in [0.15, 0.2) is 30.3 Å². The number of urea groups is 1. The van der Waals surface area contributed by atoms with Crippen molar-refractivity contribution >= 4 is 34.9 Å². The molecule has 39 heavy (non-hydrogen) atoms. The van der Waals surface area contributed by atoms with Crippen molar-refractivity contribution < 1.29 is 36.6 Å². The highest BCUT2D eigenvalue weighted by Gasteiger charge is 2.29. The number of nitrogens with one attached hydrogen (secondary N) is 3. The number of rotatable bonds is 9. The molecule has 0 saturated carbocycles. The van der Waals surface area contributed by atoms with Crippen molar-refractivity contribution in [1.82, 2.24) is 15.5 Å². The Bertz CT molecular complexity index is 1170. The molecule has 8 nitrogen and oxygen atoms in total. The molecule has 1 aliphatic heterocycles. The van der Waals surface area contributed by atoms with Gasteiger partial charge in [0.05, 0.1) is 29.5 Å². The van der Waals surface area contributed by atoms with Crippen LogP contribution >= 0.6 is 11.6 Å². The van der Waals surface area contributed by atoms with Crippen LogP contribution in [-0.4, -0.2) is 73.5 Å². The van der Waals surface area contributed by atoms with Gasteiger partial charge in [0.15, 0.2) is 11.6 Å². The zero-order chi connectivity index (χ0) is 28.7. The number of hydrogen-bond acceptors (Lipinski definition) is 5. The van der Waals surface area contributed by atoms with Crippen molar-refractivity contribution in [1.29, 1.82) is 0 Å². The second-order valence-electron chi connectivity index (χ2n) is 9.12. The highest BCUT2D eigenvalue weighted by Crippen LogP contribution is 2.31. The molecule has 214 valence electrons. The molecule has 0 aromatic heterocycles. The lowest BCUT2D eigenvalue weighted by Crippen LogP contribution is -2.47. The van der Waals surface area contributed by atoms with Crippen LogP contribution in [0.5, 0.6) is 0 Å². The molecule has 3 rings (SSSR count). The van der Waals surface area contributed by atoms with Gasteiger partial charge in [0.2, 0.25) is 0 Å². The van der Waals surface area contributed by atoms with Crippen molar-refractivity contribution in [3.05, 3.63) is 58.1 Å². The minimum absolute atomic E-state index is 0.0256. The zero-order valence-corrected chi connectivity index (χ0v) is 21.8. The third-order valence-corrected chi connectivity index (χ3v) is 6.27. The SMILES string of the molecule is C[C@H](O)CNC(=O)NCc1ccc(C(=O)Nc2ccc(Cl)cc2N2CCN(CCC(F)(F)F)CC2)c(F)c1F. The molecule has 4 N–H and O–H groups in total. The molecule has 1 fully saturated rings. The van der Waals surface area contributed by atoms with E-state index < -0.39 is 47.8 Å². The maximum absolute atomic E-state index is 14.8. The minimum Gasteiger partial charge on any atom is -0.392 e. The highest BCUT2D eigenvalue weighted by molar-refractivity contribution is 6.31. The first-order valence-corrected chi connectivity index (χ1v) is 12.5. The van der Waals surface area contributed by atoms with Crippen LogP contribution in [-0.2, 0) is 6.54 Å². The summed E-state index contributed by atoms with van der Waals surface area (Å²) < 4.78 is 67.1. The first-order chi connectivity index (χ1) is 18.3. The molecule has 0 spiro atoms. The smallest absolute Gasteiger partial charge is 0.390 e. The molecule has 3 amide bonds. The summed E-state index contributed by atoms with van der Waals surface area (Å²) in [5.41, 5.74) is 0.0178. The molecule has 0 aliphatic carbocycles. The largest absolute Gasteiger partial charge is 0.392 e. The zero-order valence-electron chi connectivity index (χ0n) is 21.0. The second-order valence-corrected chi connectivity index (χ2v) is 9.56. The Morgan fingerprint density at radius 1 is 1.05 bits per heavy atom. The maximum atomic E-state index is 14.8. The van der Waals surface area contributed by atoms with Gasteiger partial charge in [0.1, 0.15) is 0 Å². The number of alkyl halides is 3. The van der Waals surface area contributed by atoms with Gasteiger partial charge in [-0.3, -0.25) is 9.69 Å². The van der Waals surface area contributed by atoms with E-state index in [1.54, 1.807) is 11.0 Å². The predicted octanol–water partition coefficient (Wildman–Crippen LogP) is 4.12. The number of nitrogens with zero attached hydrogens (tertiary/aromatic N) is 2. The van der Waals surface area contributed by atoms with Gasteiger partial charge in [-0.15, -0.1) is 0 Å². The Labute approximate surface area is 227 Å². The Hall–Kier alpha value is -3.16. The lowest BCUT2D eigenvalue weighted by molar-refractivity contribution is -0.138. The van der Waals surface area contributed by atoms with E-state index in [9.17, 15) is 36.6 Å².